The zero-order valence-corrected chi connectivity index (χ0v) is 19.4. The van der Waals surface area contributed by atoms with Crippen molar-refractivity contribution in [1.82, 2.24) is 15.1 Å². The van der Waals surface area contributed by atoms with Crippen molar-refractivity contribution in [2.75, 3.05) is 18.4 Å². The average molecular weight is 445 g/mol. The molecule has 174 valence electrons. The van der Waals surface area contributed by atoms with Gasteiger partial charge in [-0.15, -0.1) is 0 Å². The second kappa shape index (κ2) is 8.80. The van der Waals surface area contributed by atoms with E-state index < -0.39 is 29.2 Å². The van der Waals surface area contributed by atoms with Crippen molar-refractivity contribution < 1.29 is 23.9 Å². The van der Waals surface area contributed by atoms with E-state index in [2.05, 4.69) is 10.6 Å². The van der Waals surface area contributed by atoms with E-state index in [1.165, 1.54) is 4.90 Å². The molecule has 1 saturated carbocycles. The zero-order chi connectivity index (χ0) is 23.7. The standard InChI is InChI=1S/C23H32N4O5/c1-6-26(21(31)32-22(2,3)4)13-15-9-7-8-10-17(15)24-18(28)14-27-19(29)23(5,16-11-12-16)25-20(27)30/h7-10,16H,6,11-14H2,1-5H3,(H,24,28)(H,25,30). The number of urea groups is 1. The lowest BCUT2D eigenvalue weighted by atomic mass is 9.96. The third kappa shape index (κ3) is 5.20. The van der Waals surface area contributed by atoms with Crippen LogP contribution in [0, 0.1) is 5.92 Å². The second-order valence-electron chi connectivity index (χ2n) is 9.50. The molecule has 2 N–H and O–H groups in total. The summed E-state index contributed by atoms with van der Waals surface area (Å²) in [5, 5.41) is 5.51. The number of hydrogen-bond acceptors (Lipinski definition) is 5. The van der Waals surface area contributed by atoms with E-state index in [4.69, 9.17) is 4.74 Å². The first kappa shape index (κ1) is 23.6. The van der Waals surface area contributed by atoms with Crippen LogP contribution in [0.1, 0.15) is 53.0 Å². The maximum atomic E-state index is 12.8. The van der Waals surface area contributed by atoms with Crippen LogP contribution in [0.4, 0.5) is 15.3 Å². The van der Waals surface area contributed by atoms with Crippen LogP contribution in [0.5, 0.6) is 0 Å². The van der Waals surface area contributed by atoms with Gasteiger partial charge in [-0.1, -0.05) is 18.2 Å². The third-order valence-electron chi connectivity index (χ3n) is 5.68. The number of carbonyl (C=O) groups excluding carboxylic acids is 4. The van der Waals surface area contributed by atoms with Gasteiger partial charge in [0.1, 0.15) is 17.7 Å². The summed E-state index contributed by atoms with van der Waals surface area (Å²) in [4.78, 5) is 52.7. The van der Waals surface area contributed by atoms with Crippen molar-refractivity contribution in [2.24, 2.45) is 5.92 Å². The molecule has 0 bridgehead atoms. The molecule has 1 aliphatic heterocycles. The van der Waals surface area contributed by atoms with Crippen LogP contribution in [0.25, 0.3) is 0 Å². The first-order valence-electron chi connectivity index (χ1n) is 10.9. The van der Waals surface area contributed by atoms with Crippen LogP contribution in [0.3, 0.4) is 0 Å². The number of ether oxygens (including phenoxy) is 1. The molecule has 1 aliphatic carbocycles. The van der Waals surface area contributed by atoms with Crippen molar-refractivity contribution >= 4 is 29.6 Å². The summed E-state index contributed by atoms with van der Waals surface area (Å²) in [6.07, 6.45) is 1.34. The van der Waals surface area contributed by atoms with Crippen molar-refractivity contribution in [3.8, 4) is 0 Å². The topological polar surface area (TPSA) is 108 Å². The van der Waals surface area contributed by atoms with E-state index in [1.54, 1.807) is 45.9 Å². The molecule has 2 fully saturated rings. The van der Waals surface area contributed by atoms with Crippen molar-refractivity contribution in [2.45, 2.75) is 65.1 Å². The Morgan fingerprint density at radius 1 is 1.25 bits per heavy atom. The van der Waals surface area contributed by atoms with Crippen LogP contribution in [0.2, 0.25) is 0 Å². The minimum atomic E-state index is -0.926. The first-order valence-corrected chi connectivity index (χ1v) is 10.9. The summed E-state index contributed by atoms with van der Waals surface area (Å²) in [6.45, 7) is 9.27. The number of carbonyl (C=O) groups is 4. The molecule has 9 nitrogen and oxygen atoms in total. The molecule has 1 heterocycles. The molecule has 1 aromatic rings. The number of rotatable bonds is 7. The summed E-state index contributed by atoms with van der Waals surface area (Å²) in [5.41, 5.74) is -0.314. The van der Waals surface area contributed by atoms with Crippen LogP contribution in [0.15, 0.2) is 24.3 Å². The van der Waals surface area contributed by atoms with Gasteiger partial charge in [0.05, 0.1) is 6.54 Å². The Morgan fingerprint density at radius 2 is 1.91 bits per heavy atom. The Morgan fingerprint density at radius 3 is 2.50 bits per heavy atom. The highest BCUT2D eigenvalue weighted by atomic mass is 16.6. The van der Waals surface area contributed by atoms with Gasteiger partial charge in [0.15, 0.2) is 0 Å². The zero-order valence-electron chi connectivity index (χ0n) is 19.4. The number of hydrogen-bond donors (Lipinski definition) is 2. The third-order valence-corrected chi connectivity index (χ3v) is 5.68. The highest BCUT2D eigenvalue weighted by Gasteiger charge is 2.56. The largest absolute Gasteiger partial charge is 0.444 e. The van der Waals surface area contributed by atoms with E-state index in [0.29, 0.717) is 17.8 Å². The van der Waals surface area contributed by atoms with Gasteiger partial charge in [-0.25, -0.2) is 9.59 Å². The Balaban J connectivity index is 1.67. The Hall–Kier alpha value is -3.10. The Kier molecular flexibility index (Phi) is 6.48. The van der Waals surface area contributed by atoms with E-state index in [1.807, 2.05) is 13.0 Å². The Bertz CT molecular complexity index is 921. The summed E-state index contributed by atoms with van der Waals surface area (Å²) >= 11 is 0. The van der Waals surface area contributed by atoms with Crippen molar-refractivity contribution in [1.29, 1.82) is 0 Å². The average Bonchev–Trinajstić information content (AvgIpc) is 3.52. The second-order valence-corrected chi connectivity index (χ2v) is 9.50. The molecule has 1 atom stereocenters. The fourth-order valence-corrected chi connectivity index (χ4v) is 3.75. The number of para-hydroxylation sites is 1. The molecular weight excluding hydrogens is 412 g/mol. The maximum Gasteiger partial charge on any atom is 0.410 e. The van der Waals surface area contributed by atoms with Crippen LogP contribution in [-0.4, -0.2) is 58.0 Å². The summed E-state index contributed by atoms with van der Waals surface area (Å²) in [7, 11) is 0. The van der Waals surface area contributed by atoms with E-state index in [-0.39, 0.29) is 24.9 Å². The normalized spacial score (nSPS) is 20.7. The van der Waals surface area contributed by atoms with Gasteiger partial charge >= 0.3 is 12.1 Å². The smallest absolute Gasteiger partial charge is 0.410 e. The number of imide groups is 1. The number of amides is 5. The van der Waals surface area contributed by atoms with Gasteiger partial charge in [0.2, 0.25) is 5.91 Å². The molecule has 1 aromatic carbocycles. The first-order chi connectivity index (χ1) is 14.9. The van der Waals surface area contributed by atoms with Gasteiger partial charge in [-0.2, -0.15) is 0 Å². The minimum Gasteiger partial charge on any atom is -0.444 e. The highest BCUT2D eigenvalue weighted by molar-refractivity contribution is 6.10. The van der Waals surface area contributed by atoms with Gasteiger partial charge in [-0.05, 0) is 65.0 Å². The van der Waals surface area contributed by atoms with Crippen LogP contribution in [-0.2, 0) is 20.9 Å². The molecule has 1 unspecified atom stereocenters. The van der Waals surface area contributed by atoms with Crippen LogP contribution < -0.4 is 10.6 Å². The van der Waals surface area contributed by atoms with E-state index in [0.717, 1.165) is 17.7 Å². The molecule has 1 saturated heterocycles. The van der Waals surface area contributed by atoms with Gasteiger partial charge < -0.3 is 20.3 Å². The number of anilines is 1. The predicted octanol–water partition coefficient (Wildman–Crippen LogP) is 3.10. The van der Waals surface area contributed by atoms with Crippen molar-refractivity contribution in [3.63, 3.8) is 0 Å². The molecule has 3 rings (SSSR count). The molecule has 0 spiro atoms. The molecule has 0 aromatic heterocycles. The van der Waals surface area contributed by atoms with Gasteiger partial charge in [0, 0.05) is 12.2 Å². The SMILES string of the molecule is CCN(Cc1ccccc1NC(=O)CN1C(=O)NC(C)(C2CC2)C1=O)C(=O)OC(C)(C)C. The highest BCUT2D eigenvalue weighted by Crippen LogP contribution is 2.42. The maximum absolute atomic E-state index is 12.8. The van der Waals surface area contributed by atoms with Gasteiger partial charge in [0.25, 0.3) is 5.91 Å². The lowest BCUT2D eigenvalue weighted by molar-refractivity contribution is -0.134. The fraction of sp³-hybridized carbons (Fsp3) is 0.565. The minimum absolute atomic E-state index is 0.126. The summed E-state index contributed by atoms with van der Waals surface area (Å²) in [6, 6.07) is 6.55. The Labute approximate surface area is 188 Å². The molecular formula is C23H32N4O5. The molecule has 2 aliphatic rings. The van der Waals surface area contributed by atoms with Gasteiger partial charge in [-0.3, -0.25) is 14.5 Å². The van der Waals surface area contributed by atoms with Crippen LogP contribution >= 0.6 is 0 Å². The fourth-order valence-electron chi connectivity index (χ4n) is 3.75. The summed E-state index contributed by atoms with van der Waals surface area (Å²) < 4.78 is 5.45. The lowest BCUT2D eigenvalue weighted by Gasteiger charge is -2.27. The number of benzene rings is 1. The predicted molar refractivity (Wildman–Crippen MR) is 119 cm³/mol. The molecule has 5 amide bonds. The number of nitrogens with one attached hydrogen (secondary N) is 2. The lowest BCUT2D eigenvalue weighted by Crippen LogP contribution is -2.46. The molecule has 0 radical (unpaired) electrons. The summed E-state index contributed by atoms with van der Waals surface area (Å²) in [5.74, 6) is -0.725. The quantitative estimate of drug-likeness (QED) is 0.629. The van der Waals surface area contributed by atoms with Crippen molar-refractivity contribution in [3.05, 3.63) is 29.8 Å². The van der Waals surface area contributed by atoms with E-state index >= 15 is 0 Å². The monoisotopic (exact) mass is 444 g/mol. The van der Waals surface area contributed by atoms with E-state index in [9.17, 15) is 19.2 Å². The number of nitrogens with zero attached hydrogens (tertiary/aromatic N) is 2. The molecule has 9 heteroatoms. The molecule has 32 heavy (non-hydrogen) atoms.